The van der Waals surface area contributed by atoms with Crippen molar-refractivity contribution in [2.45, 2.75) is 80.9 Å². The van der Waals surface area contributed by atoms with Crippen molar-refractivity contribution in [3.05, 3.63) is 29.8 Å². The third-order valence-electron chi connectivity index (χ3n) is 8.02. The van der Waals surface area contributed by atoms with Crippen molar-refractivity contribution in [3.8, 4) is 5.75 Å². The molecule has 3 saturated heterocycles. The Morgan fingerprint density at radius 1 is 1.06 bits per heavy atom. The van der Waals surface area contributed by atoms with Crippen molar-refractivity contribution in [1.82, 2.24) is 5.32 Å². The number of carboxylic acids is 1. The van der Waals surface area contributed by atoms with Crippen LogP contribution in [0.1, 0.15) is 62.8 Å². The van der Waals surface area contributed by atoms with Crippen molar-refractivity contribution in [2.24, 2.45) is 11.8 Å². The molecule has 194 valence electrons. The first-order valence-electron chi connectivity index (χ1n) is 12.2. The van der Waals surface area contributed by atoms with Gasteiger partial charge in [-0.1, -0.05) is 12.1 Å². The lowest BCUT2D eigenvalue weighted by Crippen LogP contribution is -2.67. The van der Waals surface area contributed by atoms with Crippen LogP contribution in [0, 0.1) is 11.8 Å². The van der Waals surface area contributed by atoms with E-state index in [1.54, 1.807) is 0 Å². The SMILES string of the molecule is CS(=O)(=O)O.O=C(O)COc1ccc(C2CCC3(CC2)OOC2(O3)C3CC4CC2CC(C3)N4)cc1. The molecule has 1 aromatic carbocycles. The summed E-state index contributed by atoms with van der Waals surface area (Å²) < 4.78 is 37.9. The van der Waals surface area contributed by atoms with Gasteiger partial charge in [0.25, 0.3) is 10.1 Å². The highest BCUT2D eigenvalue weighted by molar-refractivity contribution is 7.85. The number of benzene rings is 1. The van der Waals surface area contributed by atoms with Crippen LogP contribution in [-0.4, -0.2) is 60.6 Å². The summed E-state index contributed by atoms with van der Waals surface area (Å²) in [6.45, 7) is -0.318. The number of carbonyl (C=O) groups is 1. The van der Waals surface area contributed by atoms with E-state index in [9.17, 15) is 13.2 Å². The Bertz CT molecular complexity index is 998. The van der Waals surface area contributed by atoms with Crippen LogP contribution in [0.4, 0.5) is 0 Å². The molecule has 3 N–H and O–H groups in total. The van der Waals surface area contributed by atoms with Gasteiger partial charge in [0.15, 0.2) is 6.61 Å². The minimum atomic E-state index is -3.67. The number of nitrogens with one attached hydrogen (secondary N) is 1. The molecule has 3 aliphatic heterocycles. The molecule has 7 rings (SSSR count). The van der Waals surface area contributed by atoms with Gasteiger partial charge in [0.05, 0.1) is 6.26 Å². The van der Waals surface area contributed by atoms with Crippen LogP contribution in [-0.2, 0) is 29.4 Å². The quantitative estimate of drug-likeness (QED) is 0.408. The van der Waals surface area contributed by atoms with Crippen LogP contribution in [0.3, 0.4) is 0 Å². The Morgan fingerprint density at radius 2 is 1.60 bits per heavy atom. The monoisotopic (exact) mass is 511 g/mol. The lowest BCUT2D eigenvalue weighted by atomic mass is 9.60. The second-order valence-electron chi connectivity index (χ2n) is 10.6. The van der Waals surface area contributed by atoms with Crippen molar-refractivity contribution in [1.29, 1.82) is 0 Å². The van der Waals surface area contributed by atoms with E-state index >= 15 is 0 Å². The summed E-state index contributed by atoms with van der Waals surface area (Å²) in [6.07, 6.45) is 8.87. The second kappa shape index (κ2) is 9.28. The first kappa shape index (κ1) is 24.9. The van der Waals surface area contributed by atoms with E-state index in [0.717, 1.165) is 51.4 Å². The normalized spacial score (nSPS) is 39.4. The standard InChI is InChI=1S/C23H29NO6.CH4O3S/c25-21(26)13-27-20-3-1-14(2-4-20)15-5-7-22(8-6-15)28-23(30-29-22)16-9-18-11-17(23)12-19(10-16)24-18;1-5(2,3)4/h1-4,15-19,24H,5-13H2,(H,25,26);1H3,(H,2,3,4). The highest BCUT2D eigenvalue weighted by Crippen LogP contribution is 2.59. The molecular formula is C24H33NO9S. The predicted molar refractivity (Wildman–Crippen MR) is 123 cm³/mol. The Kier molecular flexibility index (Phi) is 6.60. The Hall–Kier alpha value is -1.76. The van der Waals surface area contributed by atoms with E-state index in [1.807, 2.05) is 24.3 Å². The van der Waals surface area contributed by atoms with E-state index < -0.39 is 27.7 Å². The molecule has 35 heavy (non-hydrogen) atoms. The zero-order valence-electron chi connectivity index (χ0n) is 19.7. The highest BCUT2D eigenvalue weighted by Gasteiger charge is 2.66. The van der Waals surface area contributed by atoms with E-state index in [4.69, 9.17) is 28.9 Å². The van der Waals surface area contributed by atoms with E-state index in [-0.39, 0.29) is 6.61 Å². The van der Waals surface area contributed by atoms with Crippen LogP contribution in [0.2, 0.25) is 0 Å². The first-order valence-corrected chi connectivity index (χ1v) is 14.1. The molecule has 0 aromatic heterocycles. The van der Waals surface area contributed by atoms with Crippen molar-refractivity contribution in [2.75, 3.05) is 12.9 Å². The first-order chi connectivity index (χ1) is 16.5. The van der Waals surface area contributed by atoms with Gasteiger partial charge in [0.2, 0.25) is 11.6 Å². The Balaban J connectivity index is 0.000000464. The number of carboxylic acid groups (broad SMARTS) is 1. The molecule has 3 aliphatic carbocycles. The summed E-state index contributed by atoms with van der Waals surface area (Å²) in [5.41, 5.74) is 1.25. The van der Waals surface area contributed by atoms with Gasteiger partial charge in [0.1, 0.15) is 5.75 Å². The van der Waals surface area contributed by atoms with Gasteiger partial charge in [-0.2, -0.15) is 18.2 Å². The molecule has 4 bridgehead atoms. The summed E-state index contributed by atoms with van der Waals surface area (Å²) in [4.78, 5) is 22.7. The average Bonchev–Trinajstić information content (AvgIpc) is 3.15. The topological polar surface area (TPSA) is 141 Å². The van der Waals surface area contributed by atoms with Crippen molar-refractivity contribution < 1.29 is 42.1 Å². The van der Waals surface area contributed by atoms with Crippen molar-refractivity contribution in [3.63, 3.8) is 0 Å². The van der Waals surface area contributed by atoms with E-state index in [0.29, 0.717) is 41.8 Å². The fraction of sp³-hybridized carbons (Fsp3) is 0.708. The Morgan fingerprint density at radius 3 is 2.11 bits per heavy atom. The summed E-state index contributed by atoms with van der Waals surface area (Å²) in [5, 5.41) is 12.5. The molecular weight excluding hydrogens is 478 g/mol. The maximum atomic E-state index is 10.6. The fourth-order valence-corrected chi connectivity index (χ4v) is 6.68. The zero-order valence-corrected chi connectivity index (χ0v) is 20.5. The van der Waals surface area contributed by atoms with Crippen LogP contribution in [0.25, 0.3) is 0 Å². The fourth-order valence-electron chi connectivity index (χ4n) is 6.68. The molecule has 2 spiro atoms. The number of hydrogen-bond acceptors (Lipinski definition) is 8. The lowest BCUT2D eigenvalue weighted by molar-refractivity contribution is -0.386. The molecule has 3 heterocycles. The zero-order chi connectivity index (χ0) is 24.8. The second-order valence-corrected chi connectivity index (χ2v) is 12.0. The third kappa shape index (κ3) is 5.35. The van der Waals surface area contributed by atoms with Gasteiger partial charge in [-0.3, -0.25) is 4.55 Å². The molecule has 3 saturated carbocycles. The molecule has 0 unspecified atom stereocenters. The molecule has 0 radical (unpaired) electrons. The van der Waals surface area contributed by atoms with Gasteiger partial charge < -0.3 is 19.9 Å². The van der Waals surface area contributed by atoms with Gasteiger partial charge in [-0.05, 0) is 62.1 Å². The summed E-state index contributed by atoms with van der Waals surface area (Å²) in [5.74, 6) is -0.176. The van der Waals surface area contributed by atoms with Gasteiger partial charge in [0, 0.05) is 36.8 Å². The van der Waals surface area contributed by atoms with Crippen LogP contribution >= 0.6 is 0 Å². The van der Waals surface area contributed by atoms with Crippen LogP contribution < -0.4 is 10.1 Å². The van der Waals surface area contributed by atoms with Gasteiger partial charge in [-0.25, -0.2) is 4.79 Å². The summed E-state index contributed by atoms with van der Waals surface area (Å²) in [7, 11) is -3.67. The largest absolute Gasteiger partial charge is 0.482 e. The van der Waals surface area contributed by atoms with Crippen LogP contribution in [0.15, 0.2) is 24.3 Å². The molecule has 6 fully saturated rings. The maximum absolute atomic E-state index is 10.6. The maximum Gasteiger partial charge on any atom is 0.341 e. The number of hydrogen-bond donors (Lipinski definition) is 3. The van der Waals surface area contributed by atoms with Gasteiger partial charge >= 0.3 is 5.97 Å². The minimum absolute atomic E-state index is 0.318. The third-order valence-corrected chi connectivity index (χ3v) is 8.02. The summed E-state index contributed by atoms with van der Waals surface area (Å²) >= 11 is 0. The Labute approximate surface area is 204 Å². The highest BCUT2D eigenvalue weighted by atomic mass is 32.2. The predicted octanol–water partition coefficient (Wildman–Crippen LogP) is 2.84. The molecule has 11 heteroatoms. The van der Waals surface area contributed by atoms with E-state index in [1.165, 1.54) is 5.56 Å². The van der Waals surface area contributed by atoms with Crippen LogP contribution in [0.5, 0.6) is 5.75 Å². The number of ether oxygens (including phenoxy) is 2. The van der Waals surface area contributed by atoms with Crippen molar-refractivity contribution >= 4 is 16.1 Å². The number of aliphatic carboxylic acids is 1. The number of rotatable bonds is 4. The molecule has 1 aromatic rings. The molecule has 6 aliphatic rings. The summed E-state index contributed by atoms with van der Waals surface area (Å²) in [6, 6.07) is 9.04. The minimum Gasteiger partial charge on any atom is -0.482 e. The van der Waals surface area contributed by atoms with E-state index in [2.05, 4.69) is 5.32 Å². The van der Waals surface area contributed by atoms with Gasteiger partial charge in [-0.15, -0.1) is 0 Å². The molecule has 0 amide bonds. The molecule has 0 atom stereocenters. The average molecular weight is 512 g/mol. The smallest absolute Gasteiger partial charge is 0.341 e. The number of piperidine rings is 2. The molecule has 10 nitrogen and oxygen atoms in total. The lowest BCUT2D eigenvalue weighted by Gasteiger charge is -2.57.